The molecule has 0 bridgehead atoms. The number of hydrogen-bond donors (Lipinski definition) is 1. The summed E-state index contributed by atoms with van der Waals surface area (Å²) in [5, 5.41) is 19.6. The zero-order valence-electron chi connectivity index (χ0n) is 10.6. The second-order valence-electron chi connectivity index (χ2n) is 4.89. The van der Waals surface area contributed by atoms with Gasteiger partial charge in [0.05, 0.1) is 17.6 Å². The quantitative estimate of drug-likeness (QED) is 0.796. The van der Waals surface area contributed by atoms with Crippen molar-refractivity contribution in [3.05, 3.63) is 0 Å². The molecule has 0 aromatic heterocycles. The van der Waals surface area contributed by atoms with E-state index >= 15 is 0 Å². The minimum Gasteiger partial charge on any atom is -0.388 e. The molecule has 16 heavy (non-hydrogen) atoms. The van der Waals surface area contributed by atoms with Gasteiger partial charge in [-0.25, -0.2) is 0 Å². The van der Waals surface area contributed by atoms with Crippen LogP contribution in [0.25, 0.3) is 0 Å². The molecule has 1 aliphatic rings. The number of aliphatic hydroxyl groups is 1. The zero-order chi connectivity index (χ0) is 12.0. The highest BCUT2D eigenvalue weighted by Gasteiger charge is 2.37. The van der Waals surface area contributed by atoms with Crippen molar-refractivity contribution in [2.75, 3.05) is 19.6 Å². The molecule has 2 unspecified atom stereocenters. The molecule has 1 N–H and O–H groups in total. The molecular weight excluding hydrogens is 200 g/mol. The van der Waals surface area contributed by atoms with Crippen LogP contribution in [0.5, 0.6) is 0 Å². The maximum absolute atomic E-state index is 10.5. The molecule has 0 aromatic rings. The van der Waals surface area contributed by atoms with Gasteiger partial charge >= 0.3 is 0 Å². The summed E-state index contributed by atoms with van der Waals surface area (Å²) in [5.41, 5.74) is -0.744. The highest BCUT2D eigenvalue weighted by atomic mass is 16.3. The summed E-state index contributed by atoms with van der Waals surface area (Å²) in [7, 11) is 0. The van der Waals surface area contributed by atoms with Gasteiger partial charge in [0.15, 0.2) is 0 Å². The summed E-state index contributed by atoms with van der Waals surface area (Å²) in [6.07, 6.45) is 4.45. The lowest BCUT2D eigenvalue weighted by Crippen LogP contribution is -2.38. The number of nitrogens with zero attached hydrogens (tertiary/aromatic N) is 2. The lowest BCUT2D eigenvalue weighted by Gasteiger charge is -2.30. The molecule has 0 saturated carbocycles. The molecule has 2 atom stereocenters. The van der Waals surface area contributed by atoms with Crippen molar-refractivity contribution >= 4 is 0 Å². The third-order valence-corrected chi connectivity index (χ3v) is 3.70. The molecule has 0 spiro atoms. The van der Waals surface area contributed by atoms with Gasteiger partial charge in [-0.15, -0.1) is 0 Å². The second-order valence-corrected chi connectivity index (χ2v) is 4.89. The third kappa shape index (κ3) is 3.20. The Labute approximate surface area is 99.1 Å². The lowest BCUT2D eigenvalue weighted by atomic mass is 9.81. The second kappa shape index (κ2) is 6.22. The van der Waals surface area contributed by atoms with Crippen LogP contribution >= 0.6 is 0 Å². The first-order valence-electron chi connectivity index (χ1n) is 6.50. The van der Waals surface area contributed by atoms with Crippen LogP contribution < -0.4 is 0 Å². The van der Waals surface area contributed by atoms with Crippen LogP contribution in [0.3, 0.4) is 0 Å². The summed E-state index contributed by atoms with van der Waals surface area (Å²) in [5.74, 6) is -0.200. The first kappa shape index (κ1) is 13.5. The van der Waals surface area contributed by atoms with E-state index in [-0.39, 0.29) is 5.92 Å². The number of nitriles is 1. The molecule has 3 nitrogen and oxygen atoms in total. The van der Waals surface area contributed by atoms with E-state index in [1.165, 1.54) is 0 Å². The van der Waals surface area contributed by atoms with Crippen molar-refractivity contribution in [2.24, 2.45) is 5.92 Å². The van der Waals surface area contributed by atoms with Crippen molar-refractivity contribution in [3.63, 3.8) is 0 Å². The number of likely N-dealkylation sites (tertiary alicyclic amines) is 1. The fraction of sp³-hybridized carbons (Fsp3) is 0.923. The van der Waals surface area contributed by atoms with E-state index in [1.54, 1.807) is 0 Å². The van der Waals surface area contributed by atoms with E-state index < -0.39 is 5.60 Å². The highest BCUT2D eigenvalue weighted by Crippen LogP contribution is 2.31. The van der Waals surface area contributed by atoms with Crippen LogP contribution in [0.15, 0.2) is 0 Å². The molecular formula is C13H24N2O. The number of hydrogen-bond acceptors (Lipinski definition) is 3. The van der Waals surface area contributed by atoms with Crippen LogP contribution in [0.2, 0.25) is 0 Å². The van der Waals surface area contributed by atoms with Gasteiger partial charge in [-0.05, 0) is 45.2 Å². The van der Waals surface area contributed by atoms with E-state index in [0.29, 0.717) is 0 Å². The van der Waals surface area contributed by atoms with Gasteiger partial charge in [-0.3, -0.25) is 0 Å². The zero-order valence-corrected chi connectivity index (χ0v) is 10.6. The van der Waals surface area contributed by atoms with Crippen molar-refractivity contribution in [1.29, 1.82) is 5.26 Å². The Morgan fingerprint density at radius 3 is 2.69 bits per heavy atom. The van der Waals surface area contributed by atoms with E-state index in [1.807, 2.05) is 6.92 Å². The van der Waals surface area contributed by atoms with Gasteiger partial charge < -0.3 is 10.0 Å². The van der Waals surface area contributed by atoms with Gasteiger partial charge in [0.1, 0.15) is 0 Å². The van der Waals surface area contributed by atoms with Crippen LogP contribution in [0.1, 0.15) is 46.0 Å². The average Bonchev–Trinajstić information content (AvgIpc) is 2.44. The van der Waals surface area contributed by atoms with Crippen molar-refractivity contribution in [1.82, 2.24) is 4.90 Å². The van der Waals surface area contributed by atoms with Crippen LogP contribution in [-0.4, -0.2) is 35.2 Å². The summed E-state index contributed by atoms with van der Waals surface area (Å²) in [6.45, 7) is 7.28. The monoisotopic (exact) mass is 224 g/mol. The lowest BCUT2D eigenvalue weighted by molar-refractivity contribution is -0.0124. The summed E-state index contributed by atoms with van der Waals surface area (Å²) >= 11 is 0. The standard InChI is InChI=1S/C13H24N2O/c1-3-8-15-9-5-6-13(16,7-10-15)12(4-2)11-14/h12,16H,3-10H2,1-2H3. The first-order chi connectivity index (χ1) is 7.66. The molecule has 0 aromatic carbocycles. The topological polar surface area (TPSA) is 47.3 Å². The van der Waals surface area contributed by atoms with Crippen LogP contribution in [-0.2, 0) is 0 Å². The molecule has 92 valence electrons. The largest absolute Gasteiger partial charge is 0.388 e. The van der Waals surface area contributed by atoms with Crippen LogP contribution in [0.4, 0.5) is 0 Å². The maximum atomic E-state index is 10.5. The predicted molar refractivity (Wildman–Crippen MR) is 64.9 cm³/mol. The molecule has 0 aliphatic carbocycles. The number of rotatable bonds is 4. The van der Waals surface area contributed by atoms with Gasteiger partial charge in [-0.1, -0.05) is 13.8 Å². The van der Waals surface area contributed by atoms with E-state index in [0.717, 1.165) is 51.7 Å². The molecule has 1 rings (SSSR count). The van der Waals surface area contributed by atoms with E-state index in [9.17, 15) is 5.11 Å². The molecule has 0 amide bonds. The normalized spacial score (nSPS) is 29.4. The van der Waals surface area contributed by atoms with E-state index in [4.69, 9.17) is 5.26 Å². The average molecular weight is 224 g/mol. The predicted octanol–water partition coefficient (Wildman–Crippen LogP) is 2.16. The van der Waals surface area contributed by atoms with Gasteiger partial charge in [0.25, 0.3) is 0 Å². The van der Waals surface area contributed by atoms with Crippen molar-refractivity contribution in [3.8, 4) is 6.07 Å². The fourth-order valence-corrected chi connectivity index (χ4v) is 2.68. The Hall–Kier alpha value is -0.590. The summed E-state index contributed by atoms with van der Waals surface area (Å²) < 4.78 is 0. The minimum absolute atomic E-state index is 0.200. The Bertz CT molecular complexity index is 249. The fourth-order valence-electron chi connectivity index (χ4n) is 2.68. The van der Waals surface area contributed by atoms with E-state index in [2.05, 4.69) is 17.9 Å². The molecule has 1 saturated heterocycles. The minimum atomic E-state index is -0.744. The van der Waals surface area contributed by atoms with Gasteiger partial charge in [0.2, 0.25) is 0 Å². The first-order valence-corrected chi connectivity index (χ1v) is 6.50. The van der Waals surface area contributed by atoms with Crippen LogP contribution in [0, 0.1) is 17.2 Å². The summed E-state index contributed by atoms with van der Waals surface area (Å²) in [4.78, 5) is 2.40. The maximum Gasteiger partial charge on any atom is 0.0817 e. The molecule has 0 radical (unpaired) electrons. The van der Waals surface area contributed by atoms with Gasteiger partial charge in [-0.2, -0.15) is 5.26 Å². The Kier molecular flexibility index (Phi) is 5.24. The SMILES string of the molecule is CCCN1CCCC(O)(C(C#N)CC)CC1. The molecule has 1 heterocycles. The summed E-state index contributed by atoms with van der Waals surface area (Å²) in [6, 6.07) is 2.27. The molecule has 1 aliphatic heterocycles. The van der Waals surface area contributed by atoms with Crippen molar-refractivity contribution in [2.45, 2.75) is 51.6 Å². The highest BCUT2D eigenvalue weighted by molar-refractivity contribution is 4.99. The smallest absolute Gasteiger partial charge is 0.0817 e. The molecule has 3 heteroatoms. The van der Waals surface area contributed by atoms with Gasteiger partial charge in [0, 0.05) is 6.54 Å². The molecule has 1 fully saturated rings. The Morgan fingerprint density at radius 1 is 1.38 bits per heavy atom. The Morgan fingerprint density at radius 2 is 2.12 bits per heavy atom. The third-order valence-electron chi connectivity index (χ3n) is 3.70. The Balaban J connectivity index is 2.60. The van der Waals surface area contributed by atoms with Crippen molar-refractivity contribution < 1.29 is 5.11 Å².